The number of nitrogens with zero attached hydrogens (tertiary/aromatic N) is 3. The van der Waals surface area contributed by atoms with E-state index in [0.29, 0.717) is 12.0 Å². The smallest absolute Gasteiger partial charge is 0.240 e. The molecule has 1 aliphatic carbocycles. The van der Waals surface area contributed by atoms with Crippen LogP contribution in [-0.4, -0.2) is 34.3 Å². The fraction of sp³-hybridized carbons (Fsp3) is 0.500. The van der Waals surface area contributed by atoms with Gasteiger partial charge in [-0.05, 0) is 38.4 Å². The summed E-state index contributed by atoms with van der Waals surface area (Å²) in [7, 11) is 1.99. The molecule has 0 amide bonds. The minimum Gasteiger partial charge on any atom is -0.473 e. The summed E-state index contributed by atoms with van der Waals surface area (Å²) in [4.78, 5) is 4.27. The van der Waals surface area contributed by atoms with Crippen molar-refractivity contribution >= 4 is 5.52 Å². The molecular formula is C12H16N4O. The lowest BCUT2D eigenvalue weighted by Crippen LogP contribution is -2.38. The topological polar surface area (TPSA) is 51.5 Å². The maximum atomic E-state index is 5.90. The first kappa shape index (κ1) is 10.5. The Morgan fingerprint density at radius 2 is 2.35 bits per heavy atom. The predicted octanol–water partition coefficient (Wildman–Crippen LogP) is 1.11. The van der Waals surface area contributed by atoms with E-state index < -0.39 is 0 Å². The molecule has 2 aromatic rings. The van der Waals surface area contributed by atoms with Crippen LogP contribution in [0.3, 0.4) is 0 Å². The van der Waals surface area contributed by atoms with Crippen molar-refractivity contribution in [1.29, 1.82) is 0 Å². The van der Waals surface area contributed by atoms with Gasteiger partial charge >= 0.3 is 0 Å². The van der Waals surface area contributed by atoms with Crippen molar-refractivity contribution in [3.63, 3.8) is 0 Å². The third kappa shape index (κ3) is 1.98. The second-order valence-electron chi connectivity index (χ2n) is 4.53. The van der Waals surface area contributed by atoms with E-state index in [-0.39, 0.29) is 0 Å². The Balaban J connectivity index is 1.68. The van der Waals surface area contributed by atoms with Crippen molar-refractivity contribution in [3.8, 4) is 5.88 Å². The van der Waals surface area contributed by atoms with Gasteiger partial charge in [0.15, 0.2) is 0 Å². The summed E-state index contributed by atoms with van der Waals surface area (Å²) >= 11 is 0. The third-order valence-electron chi connectivity index (χ3n) is 3.25. The Bertz CT molecular complexity index is 504. The van der Waals surface area contributed by atoms with Gasteiger partial charge in [0.1, 0.15) is 11.6 Å². The van der Waals surface area contributed by atoms with Crippen molar-refractivity contribution in [1.82, 2.24) is 19.9 Å². The first-order chi connectivity index (χ1) is 8.36. The number of ether oxygens (including phenoxy) is 1. The molecule has 0 spiro atoms. The second kappa shape index (κ2) is 4.33. The molecule has 0 aromatic carbocycles. The van der Waals surface area contributed by atoms with Gasteiger partial charge in [-0.15, -0.1) is 0 Å². The fourth-order valence-corrected chi connectivity index (χ4v) is 2.31. The van der Waals surface area contributed by atoms with Crippen LogP contribution in [0.4, 0.5) is 0 Å². The highest BCUT2D eigenvalue weighted by molar-refractivity contribution is 5.54. The van der Waals surface area contributed by atoms with E-state index in [1.807, 2.05) is 19.3 Å². The molecule has 0 atom stereocenters. The average molecular weight is 232 g/mol. The largest absolute Gasteiger partial charge is 0.473 e. The summed E-state index contributed by atoms with van der Waals surface area (Å²) in [5.74, 6) is 1.44. The van der Waals surface area contributed by atoms with Gasteiger partial charge in [0.2, 0.25) is 5.88 Å². The highest BCUT2D eigenvalue weighted by Gasteiger charge is 2.30. The molecule has 17 heavy (non-hydrogen) atoms. The molecular weight excluding hydrogens is 216 g/mol. The zero-order valence-corrected chi connectivity index (χ0v) is 9.84. The first-order valence-electron chi connectivity index (χ1n) is 5.96. The van der Waals surface area contributed by atoms with E-state index in [0.717, 1.165) is 30.8 Å². The summed E-state index contributed by atoms with van der Waals surface area (Å²) < 4.78 is 7.68. The summed E-state index contributed by atoms with van der Waals surface area (Å²) in [6, 6.07) is 1.92. The monoisotopic (exact) mass is 232 g/mol. The van der Waals surface area contributed by atoms with Gasteiger partial charge in [0.05, 0.1) is 6.20 Å². The van der Waals surface area contributed by atoms with Crippen LogP contribution >= 0.6 is 0 Å². The Labute approximate surface area is 99.8 Å². The molecule has 2 heterocycles. The number of nitrogens with one attached hydrogen (secondary N) is 1. The molecule has 1 fully saturated rings. The van der Waals surface area contributed by atoms with Crippen molar-refractivity contribution in [2.75, 3.05) is 13.6 Å². The zero-order valence-electron chi connectivity index (χ0n) is 9.84. The van der Waals surface area contributed by atoms with Crippen LogP contribution in [0.25, 0.3) is 5.52 Å². The molecule has 0 radical (unpaired) electrons. The number of hydrogen-bond acceptors (Lipinski definition) is 4. The summed E-state index contributed by atoms with van der Waals surface area (Å²) in [5.41, 5.74) is 0.935. The normalized spacial score (nSPS) is 23.6. The quantitative estimate of drug-likeness (QED) is 0.858. The van der Waals surface area contributed by atoms with Gasteiger partial charge in [-0.3, -0.25) is 0 Å². The number of fused-ring (bicyclic) bond motifs is 1. The predicted molar refractivity (Wildman–Crippen MR) is 64.1 cm³/mol. The maximum Gasteiger partial charge on any atom is 0.240 e. The standard InChI is InChI=1S/C12H16N4O/c1-13-8-9-6-10(7-9)17-12-11-2-3-15-16(11)5-4-14-12/h2-5,9-10,13H,6-8H2,1H3. The van der Waals surface area contributed by atoms with Crippen molar-refractivity contribution in [2.24, 2.45) is 5.92 Å². The van der Waals surface area contributed by atoms with Crippen molar-refractivity contribution in [3.05, 3.63) is 24.7 Å². The molecule has 0 unspecified atom stereocenters. The van der Waals surface area contributed by atoms with Gasteiger partial charge < -0.3 is 10.1 Å². The van der Waals surface area contributed by atoms with E-state index in [2.05, 4.69) is 15.4 Å². The summed E-state index contributed by atoms with van der Waals surface area (Å²) in [6.07, 6.45) is 7.83. The minimum absolute atomic E-state index is 0.307. The number of aromatic nitrogens is 3. The van der Waals surface area contributed by atoms with E-state index in [1.165, 1.54) is 0 Å². The molecule has 3 rings (SSSR count). The van der Waals surface area contributed by atoms with Crippen LogP contribution in [-0.2, 0) is 0 Å². The van der Waals surface area contributed by atoms with E-state index in [4.69, 9.17) is 4.74 Å². The maximum absolute atomic E-state index is 5.90. The number of rotatable bonds is 4. The molecule has 1 N–H and O–H groups in total. The first-order valence-corrected chi connectivity index (χ1v) is 5.96. The molecule has 90 valence electrons. The lowest BCUT2D eigenvalue weighted by Gasteiger charge is -2.34. The Kier molecular flexibility index (Phi) is 2.68. The highest BCUT2D eigenvalue weighted by atomic mass is 16.5. The Morgan fingerprint density at radius 1 is 1.47 bits per heavy atom. The van der Waals surface area contributed by atoms with Crippen molar-refractivity contribution in [2.45, 2.75) is 18.9 Å². The molecule has 0 bridgehead atoms. The number of hydrogen-bond donors (Lipinski definition) is 1. The van der Waals surface area contributed by atoms with Crippen LogP contribution < -0.4 is 10.1 Å². The minimum atomic E-state index is 0.307. The zero-order chi connectivity index (χ0) is 11.7. The van der Waals surface area contributed by atoms with E-state index in [1.54, 1.807) is 16.9 Å². The molecule has 5 nitrogen and oxygen atoms in total. The molecule has 0 saturated heterocycles. The van der Waals surface area contributed by atoms with Gasteiger partial charge in [0, 0.05) is 12.4 Å². The Hall–Kier alpha value is -1.62. The van der Waals surface area contributed by atoms with Crippen LogP contribution in [0.1, 0.15) is 12.8 Å². The second-order valence-corrected chi connectivity index (χ2v) is 4.53. The molecule has 1 aliphatic rings. The average Bonchev–Trinajstić information content (AvgIpc) is 2.75. The molecule has 0 aliphatic heterocycles. The van der Waals surface area contributed by atoms with Crippen LogP contribution in [0.5, 0.6) is 5.88 Å². The lowest BCUT2D eigenvalue weighted by molar-refractivity contribution is 0.0627. The Morgan fingerprint density at radius 3 is 3.18 bits per heavy atom. The molecule has 1 saturated carbocycles. The van der Waals surface area contributed by atoms with Gasteiger partial charge in [-0.2, -0.15) is 5.10 Å². The molecule has 2 aromatic heterocycles. The van der Waals surface area contributed by atoms with E-state index in [9.17, 15) is 0 Å². The van der Waals surface area contributed by atoms with Crippen LogP contribution in [0.15, 0.2) is 24.7 Å². The SMILES string of the molecule is CNCC1CC(Oc2nccn3nccc23)C1. The lowest BCUT2D eigenvalue weighted by atomic mass is 9.82. The van der Waals surface area contributed by atoms with Crippen LogP contribution in [0, 0.1) is 5.92 Å². The summed E-state index contributed by atoms with van der Waals surface area (Å²) in [5, 5.41) is 7.36. The van der Waals surface area contributed by atoms with Crippen molar-refractivity contribution < 1.29 is 4.74 Å². The molecule has 5 heteroatoms. The van der Waals surface area contributed by atoms with Gasteiger partial charge in [-0.1, -0.05) is 0 Å². The summed E-state index contributed by atoms with van der Waals surface area (Å²) in [6.45, 7) is 1.07. The van der Waals surface area contributed by atoms with E-state index >= 15 is 0 Å². The fourth-order valence-electron chi connectivity index (χ4n) is 2.31. The highest BCUT2D eigenvalue weighted by Crippen LogP contribution is 2.31. The van der Waals surface area contributed by atoms with Gasteiger partial charge in [-0.25, -0.2) is 9.50 Å². The van der Waals surface area contributed by atoms with Crippen LogP contribution in [0.2, 0.25) is 0 Å². The van der Waals surface area contributed by atoms with Gasteiger partial charge in [0.25, 0.3) is 0 Å². The third-order valence-corrected chi connectivity index (χ3v) is 3.25.